The largest absolute Gasteiger partial charge is 0.260 e. The molecule has 6 heteroatoms. The lowest BCUT2D eigenvalue weighted by molar-refractivity contribution is 0.457. The molecule has 1 rings (SSSR count). The highest BCUT2D eigenvalue weighted by Gasteiger charge is 2.21. The summed E-state index contributed by atoms with van der Waals surface area (Å²) in [5, 5.41) is 0.0740. The molecular weight excluding hydrogens is 260 g/mol. The van der Waals surface area contributed by atoms with E-state index in [0.717, 1.165) is 18.4 Å². The first-order chi connectivity index (χ1) is 8.02. The number of hydrogen-bond acceptors (Lipinski definition) is 3. The summed E-state index contributed by atoms with van der Waals surface area (Å²) in [4.78, 5) is 3.94. The van der Waals surface area contributed by atoms with E-state index in [4.69, 9.17) is 11.6 Å². The van der Waals surface area contributed by atoms with Gasteiger partial charge in [0.15, 0.2) is 5.03 Å². The van der Waals surface area contributed by atoms with E-state index in [1.165, 1.54) is 16.6 Å². The first-order valence-corrected chi connectivity index (χ1v) is 7.47. The van der Waals surface area contributed by atoms with Crippen LogP contribution in [0.25, 0.3) is 0 Å². The zero-order valence-electron chi connectivity index (χ0n) is 10.1. The molecule has 0 N–H and O–H groups in total. The average molecular weight is 277 g/mol. The predicted octanol–water partition coefficient (Wildman–Crippen LogP) is 2.24. The SMILES string of the molecule is CCCCN(C)S(=O)(=O)c1ccc(CCl)cn1. The van der Waals surface area contributed by atoms with Crippen LogP contribution in [-0.2, 0) is 15.9 Å². The molecule has 0 atom stereocenters. The Hall–Kier alpha value is -0.650. The first kappa shape index (κ1) is 14.4. The fraction of sp³-hybridized carbons (Fsp3) is 0.545. The van der Waals surface area contributed by atoms with Gasteiger partial charge in [-0.25, -0.2) is 13.4 Å². The summed E-state index contributed by atoms with van der Waals surface area (Å²) < 4.78 is 25.5. The van der Waals surface area contributed by atoms with E-state index >= 15 is 0 Å². The fourth-order valence-corrected chi connectivity index (χ4v) is 2.58. The predicted molar refractivity (Wildman–Crippen MR) is 68.5 cm³/mol. The van der Waals surface area contributed by atoms with Crippen molar-refractivity contribution in [1.29, 1.82) is 0 Å². The van der Waals surface area contributed by atoms with Crippen LogP contribution in [0.1, 0.15) is 25.3 Å². The van der Waals surface area contributed by atoms with Crippen LogP contribution < -0.4 is 0 Å². The van der Waals surface area contributed by atoms with Gasteiger partial charge in [0.25, 0.3) is 10.0 Å². The van der Waals surface area contributed by atoms with Crippen molar-refractivity contribution >= 4 is 21.6 Å². The Bertz CT molecular complexity index is 445. The Balaban J connectivity index is 2.88. The number of unbranched alkanes of at least 4 members (excludes halogenated alkanes) is 1. The Morgan fingerprint density at radius 3 is 2.59 bits per heavy atom. The fourth-order valence-electron chi connectivity index (χ4n) is 1.30. The maximum absolute atomic E-state index is 12.1. The summed E-state index contributed by atoms with van der Waals surface area (Å²) in [5.74, 6) is 0.332. The van der Waals surface area contributed by atoms with Crippen LogP contribution in [0.15, 0.2) is 23.4 Å². The number of hydrogen-bond donors (Lipinski definition) is 0. The topological polar surface area (TPSA) is 50.3 Å². The molecule has 17 heavy (non-hydrogen) atoms. The quantitative estimate of drug-likeness (QED) is 0.749. The van der Waals surface area contributed by atoms with Gasteiger partial charge in [-0.1, -0.05) is 19.4 Å². The molecule has 0 aliphatic carbocycles. The second kappa shape index (κ2) is 6.33. The normalized spacial score (nSPS) is 12.0. The van der Waals surface area contributed by atoms with Crippen molar-refractivity contribution in [3.8, 4) is 0 Å². The highest BCUT2D eigenvalue weighted by molar-refractivity contribution is 7.89. The van der Waals surface area contributed by atoms with Gasteiger partial charge in [0.2, 0.25) is 0 Å². The molecule has 0 amide bonds. The van der Waals surface area contributed by atoms with Gasteiger partial charge in [-0.05, 0) is 18.1 Å². The summed E-state index contributed by atoms with van der Waals surface area (Å²) in [6.45, 7) is 2.53. The minimum atomic E-state index is -3.46. The summed E-state index contributed by atoms with van der Waals surface area (Å²) in [6, 6.07) is 3.18. The van der Waals surface area contributed by atoms with Crippen LogP contribution >= 0.6 is 11.6 Å². The van der Waals surface area contributed by atoms with Crippen molar-refractivity contribution in [3.05, 3.63) is 23.9 Å². The van der Waals surface area contributed by atoms with Crippen LogP contribution in [0.2, 0.25) is 0 Å². The molecule has 0 fully saturated rings. The van der Waals surface area contributed by atoms with Crippen LogP contribution in [0.3, 0.4) is 0 Å². The van der Waals surface area contributed by atoms with Crippen molar-refractivity contribution in [1.82, 2.24) is 9.29 Å². The second-order valence-electron chi connectivity index (χ2n) is 3.82. The number of nitrogens with zero attached hydrogens (tertiary/aromatic N) is 2. The molecule has 0 saturated heterocycles. The Labute approximate surface area is 108 Å². The molecule has 1 aromatic rings. The van der Waals surface area contributed by atoms with Gasteiger partial charge in [-0.3, -0.25) is 0 Å². The zero-order chi connectivity index (χ0) is 12.9. The highest BCUT2D eigenvalue weighted by Crippen LogP contribution is 2.13. The van der Waals surface area contributed by atoms with Crippen molar-refractivity contribution in [3.63, 3.8) is 0 Å². The van der Waals surface area contributed by atoms with Gasteiger partial charge in [-0.2, -0.15) is 4.31 Å². The average Bonchev–Trinajstić information content (AvgIpc) is 2.35. The van der Waals surface area contributed by atoms with E-state index in [0.29, 0.717) is 12.4 Å². The van der Waals surface area contributed by atoms with Crippen LogP contribution in [0, 0.1) is 0 Å². The van der Waals surface area contributed by atoms with E-state index < -0.39 is 10.0 Å². The number of halogens is 1. The summed E-state index contributed by atoms with van der Waals surface area (Å²) in [5.41, 5.74) is 0.807. The highest BCUT2D eigenvalue weighted by atomic mass is 35.5. The molecular formula is C11H17ClN2O2S. The maximum Gasteiger partial charge on any atom is 0.260 e. The molecule has 4 nitrogen and oxygen atoms in total. The van der Waals surface area contributed by atoms with Gasteiger partial charge in [0, 0.05) is 25.7 Å². The van der Waals surface area contributed by atoms with E-state index in [1.807, 2.05) is 6.92 Å². The molecule has 0 bridgehead atoms. The second-order valence-corrected chi connectivity index (χ2v) is 6.08. The minimum Gasteiger partial charge on any atom is -0.243 e. The van der Waals surface area contributed by atoms with E-state index in [9.17, 15) is 8.42 Å². The molecule has 0 radical (unpaired) electrons. The van der Waals surface area contributed by atoms with Crippen molar-refractivity contribution in [2.75, 3.05) is 13.6 Å². The number of pyridine rings is 1. The van der Waals surface area contributed by atoms with Gasteiger partial charge in [-0.15, -0.1) is 11.6 Å². The molecule has 0 aromatic carbocycles. The third-order valence-corrected chi connectivity index (χ3v) is 4.53. The van der Waals surface area contributed by atoms with Gasteiger partial charge in [0.1, 0.15) is 0 Å². The van der Waals surface area contributed by atoms with Gasteiger partial charge < -0.3 is 0 Å². The molecule has 1 aromatic heterocycles. The molecule has 96 valence electrons. The smallest absolute Gasteiger partial charge is 0.243 e. The first-order valence-electron chi connectivity index (χ1n) is 5.49. The molecule has 0 aliphatic rings. The zero-order valence-corrected chi connectivity index (χ0v) is 11.6. The lowest BCUT2D eigenvalue weighted by Gasteiger charge is -2.15. The van der Waals surface area contributed by atoms with Gasteiger partial charge in [0.05, 0.1) is 0 Å². The molecule has 0 unspecified atom stereocenters. The number of sulfonamides is 1. The molecule has 0 spiro atoms. The summed E-state index contributed by atoms with van der Waals surface area (Å²) in [6.07, 6.45) is 3.29. The van der Waals surface area contributed by atoms with E-state index in [-0.39, 0.29) is 5.03 Å². The van der Waals surface area contributed by atoms with Crippen molar-refractivity contribution < 1.29 is 8.42 Å². The standard InChI is InChI=1S/C11H17ClN2O2S/c1-3-4-7-14(2)17(15,16)11-6-5-10(8-12)9-13-11/h5-6,9H,3-4,7-8H2,1-2H3. The summed E-state index contributed by atoms with van der Waals surface area (Å²) in [7, 11) is -1.89. The molecule has 1 heterocycles. The molecule has 0 aliphatic heterocycles. The number of aromatic nitrogens is 1. The lowest BCUT2D eigenvalue weighted by atomic mass is 10.3. The maximum atomic E-state index is 12.1. The van der Waals surface area contributed by atoms with Crippen molar-refractivity contribution in [2.45, 2.75) is 30.7 Å². The van der Waals surface area contributed by atoms with Gasteiger partial charge >= 0.3 is 0 Å². The Morgan fingerprint density at radius 1 is 1.41 bits per heavy atom. The van der Waals surface area contributed by atoms with Crippen LogP contribution in [-0.4, -0.2) is 31.3 Å². The third kappa shape index (κ3) is 3.66. The lowest BCUT2D eigenvalue weighted by Crippen LogP contribution is -2.28. The van der Waals surface area contributed by atoms with Crippen LogP contribution in [0.4, 0.5) is 0 Å². The molecule has 0 saturated carbocycles. The number of rotatable bonds is 6. The summed E-state index contributed by atoms with van der Waals surface area (Å²) >= 11 is 5.62. The van der Waals surface area contributed by atoms with Crippen molar-refractivity contribution in [2.24, 2.45) is 0 Å². The number of alkyl halides is 1. The van der Waals surface area contributed by atoms with E-state index in [1.54, 1.807) is 13.1 Å². The Kier molecular flexibility index (Phi) is 5.36. The third-order valence-electron chi connectivity index (χ3n) is 2.45. The Morgan fingerprint density at radius 2 is 2.12 bits per heavy atom. The van der Waals surface area contributed by atoms with Crippen LogP contribution in [0.5, 0.6) is 0 Å². The van der Waals surface area contributed by atoms with E-state index in [2.05, 4.69) is 4.98 Å². The minimum absolute atomic E-state index is 0.0740. The monoisotopic (exact) mass is 276 g/mol.